The van der Waals surface area contributed by atoms with Gasteiger partial charge in [0.2, 0.25) is 5.89 Å². The molecular weight excluding hydrogens is 344 g/mol. The molecular formula is C16H11F2N7O. The van der Waals surface area contributed by atoms with Gasteiger partial charge in [0.25, 0.3) is 5.89 Å². The van der Waals surface area contributed by atoms with Gasteiger partial charge in [-0.25, -0.2) is 4.68 Å². The van der Waals surface area contributed by atoms with Crippen LogP contribution in [0.2, 0.25) is 0 Å². The number of aromatic nitrogens is 7. The molecule has 4 rings (SSSR count). The molecule has 8 nitrogen and oxygen atoms in total. The molecule has 4 aromatic rings. The molecule has 0 aliphatic heterocycles. The number of nitrogens with zero attached hydrogens (tertiary/aromatic N) is 7. The lowest BCUT2D eigenvalue weighted by Gasteiger charge is -2.01. The highest BCUT2D eigenvalue weighted by atomic mass is 19.3. The fourth-order valence-corrected chi connectivity index (χ4v) is 2.28. The molecule has 0 fully saturated rings. The minimum absolute atomic E-state index is 0.0000733. The maximum atomic E-state index is 12.5. The molecule has 0 saturated carbocycles. The van der Waals surface area contributed by atoms with Crippen LogP contribution in [0.1, 0.15) is 18.0 Å². The Hall–Kier alpha value is -3.56. The molecule has 4 aromatic heterocycles. The Morgan fingerprint density at radius 3 is 2.54 bits per heavy atom. The average molecular weight is 355 g/mol. The lowest BCUT2D eigenvalue weighted by atomic mass is 10.2. The minimum atomic E-state index is -2.80. The van der Waals surface area contributed by atoms with Gasteiger partial charge < -0.3 is 4.42 Å². The molecule has 0 aliphatic carbocycles. The zero-order valence-electron chi connectivity index (χ0n) is 13.2. The summed E-state index contributed by atoms with van der Waals surface area (Å²) in [6.07, 6.45) is 3.86. The molecule has 0 radical (unpaired) electrons. The highest BCUT2D eigenvalue weighted by Crippen LogP contribution is 2.22. The van der Waals surface area contributed by atoms with Crippen molar-refractivity contribution in [2.24, 2.45) is 0 Å². The summed E-state index contributed by atoms with van der Waals surface area (Å²) in [6.45, 7) is 0.407. The van der Waals surface area contributed by atoms with Crippen LogP contribution < -0.4 is 0 Å². The topological polar surface area (TPSA) is 95.4 Å². The Morgan fingerprint density at radius 1 is 1.00 bits per heavy atom. The van der Waals surface area contributed by atoms with Gasteiger partial charge in [-0.3, -0.25) is 9.97 Å². The third kappa shape index (κ3) is 3.29. The summed E-state index contributed by atoms with van der Waals surface area (Å²) in [6, 6.07) is 7.10. The van der Waals surface area contributed by atoms with Gasteiger partial charge in [0.1, 0.15) is 5.69 Å². The largest absolute Gasteiger partial charge is 0.415 e. The molecule has 0 amide bonds. The smallest absolute Gasteiger partial charge is 0.314 e. The van der Waals surface area contributed by atoms with Crippen molar-refractivity contribution in [3.05, 3.63) is 60.6 Å². The molecule has 10 heteroatoms. The number of halogens is 2. The molecule has 0 aromatic carbocycles. The van der Waals surface area contributed by atoms with E-state index in [0.29, 0.717) is 17.8 Å². The van der Waals surface area contributed by atoms with Crippen LogP contribution in [-0.4, -0.2) is 35.2 Å². The summed E-state index contributed by atoms with van der Waals surface area (Å²) in [4.78, 5) is 8.24. The van der Waals surface area contributed by atoms with Gasteiger partial charge in [0, 0.05) is 24.2 Å². The molecule has 0 bridgehead atoms. The quantitative estimate of drug-likeness (QED) is 0.543. The zero-order chi connectivity index (χ0) is 17.9. The van der Waals surface area contributed by atoms with Crippen molar-refractivity contribution >= 4 is 0 Å². The Morgan fingerprint density at radius 2 is 1.85 bits per heavy atom. The fourth-order valence-electron chi connectivity index (χ4n) is 2.28. The van der Waals surface area contributed by atoms with Crippen LogP contribution in [0.5, 0.6) is 0 Å². The first kappa shape index (κ1) is 15.9. The number of hydrogen-bond donors (Lipinski definition) is 0. The van der Waals surface area contributed by atoms with Crippen LogP contribution in [0.25, 0.3) is 22.7 Å². The Bertz CT molecular complexity index is 999. The minimum Gasteiger partial charge on any atom is -0.415 e. The van der Waals surface area contributed by atoms with Crippen molar-refractivity contribution in [1.82, 2.24) is 35.2 Å². The first-order valence-electron chi connectivity index (χ1n) is 7.56. The number of pyridine rings is 2. The molecule has 0 unspecified atom stereocenters. The van der Waals surface area contributed by atoms with Gasteiger partial charge in [-0.2, -0.15) is 8.78 Å². The van der Waals surface area contributed by atoms with Gasteiger partial charge in [-0.15, -0.1) is 15.3 Å². The third-order valence-corrected chi connectivity index (χ3v) is 3.54. The second-order valence-corrected chi connectivity index (χ2v) is 5.32. The van der Waals surface area contributed by atoms with Gasteiger partial charge in [-0.1, -0.05) is 5.21 Å². The van der Waals surface area contributed by atoms with E-state index >= 15 is 0 Å². The lowest BCUT2D eigenvalue weighted by Crippen LogP contribution is -2.02. The van der Waals surface area contributed by atoms with E-state index in [9.17, 15) is 8.78 Å². The highest BCUT2D eigenvalue weighted by Gasteiger charge is 2.17. The van der Waals surface area contributed by atoms with Crippen LogP contribution in [-0.2, 0) is 6.54 Å². The fraction of sp³-hybridized carbons (Fsp3) is 0.125. The Kier molecular flexibility index (Phi) is 4.14. The molecule has 26 heavy (non-hydrogen) atoms. The summed E-state index contributed by atoms with van der Waals surface area (Å²) < 4.78 is 31.5. The number of rotatable bonds is 5. The SMILES string of the molecule is FC(F)c1nnc(-c2ccc(Cn3cc(-c4ccncc4)nn3)nc2)o1. The van der Waals surface area contributed by atoms with Gasteiger partial charge >= 0.3 is 6.43 Å². The number of hydrogen-bond acceptors (Lipinski definition) is 7. The maximum absolute atomic E-state index is 12.5. The van der Waals surface area contributed by atoms with Crippen molar-refractivity contribution < 1.29 is 13.2 Å². The van der Waals surface area contributed by atoms with Crippen LogP contribution in [0.4, 0.5) is 8.78 Å². The summed E-state index contributed by atoms with van der Waals surface area (Å²) >= 11 is 0. The second-order valence-electron chi connectivity index (χ2n) is 5.32. The van der Waals surface area contributed by atoms with Crippen molar-refractivity contribution in [1.29, 1.82) is 0 Å². The molecule has 4 heterocycles. The molecule has 0 aliphatic rings. The first-order valence-corrected chi connectivity index (χ1v) is 7.56. The predicted molar refractivity (Wildman–Crippen MR) is 84.8 cm³/mol. The van der Waals surface area contributed by atoms with Crippen LogP contribution in [0.3, 0.4) is 0 Å². The van der Waals surface area contributed by atoms with Crippen molar-refractivity contribution in [2.75, 3.05) is 0 Å². The van der Waals surface area contributed by atoms with Gasteiger partial charge in [0.05, 0.1) is 24.0 Å². The first-order chi connectivity index (χ1) is 12.7. The predicted octanol–water partition coefficient (Wildman–Crippen LogP) is 2.77. The number of alkyl halides is 2. The summed E-state index contributed by atoms with van der Waals surface area (Å²) in [5.74, 6) is -0.713. The van der Waals surface area contributed by atoms with E-state index in [2.05, 4.69) is 30.5 Å². The summed E-state index contributed by atoms with van der Waals surface area (Å²) in [5.41, 5.74) is 2.83. The summed E-state index contributed by atoms with van der Waals surface area (Å²) in [7, 11) is 0. The van der Waals surface area contributed by atoms with Crippen molar-refractivity contribution in [2.45, 2.75) is 13.0 Å². The van der Waals surface area contributed by atoms with Gasteiger partial charge in [-0.05, 0) is 24.3 Å². The Balaban J connectivity index is 1.48. The van der Waals surface area contributed by atoms with E-state index in [1.165, 1.54) is 6.20 Å². The molecule has 0 N–H and O–H groups in total. The van der Waals surface area contributed by atoms with E-state index in [-0.39, 0.29) is 5.89 Å². The van der Waals surface area contributed by atoms with E-state index in [4.69, 9.17) is 4.42 Å². The lowest BCUT2D eigenvalue weighted by molar-refractivity contribution is 0.116. The van der Waals surface area contributed by atoms with Crippen molar-refractivity contribution in [3.8, 4) is 22.7 Å². The standard InChI is InChI=1S/C16H11F2N7O/c17-14(18)16-23-22-15(26-16)11-1-2-12(20-7-11)8-25-9-13(21-24-25)10-3-5-19-6-4-10/h1-7,9,14H,8H2. The monoisotopic (exact) mass is 355 g/mol. The average Bonchev–Trinajstić information content (AvgIpc) is 3.33. The molecule has 0 saturated heterocycles. The van der Waals surface area contributed by atoms with E-state index in [1.54, 1.807) is 35.4 Å². The van der Waals surface area contributed by atoms with E-state index in [1.807, 2.05) is 12.1 Å². The molecule has 0 atom stereocenters. The third-order valence-electron chi connectivity index (χ3n) is 3.54. The van der Waals surface area contributed by atoms with Gasteiger partial charge in [0.15, 0.2) is 0 Å². The zero-order valence-corrected chi connectivity index (χ0v) is 13.2. The molecule has 0 spiro atoms. The van der Waals surface area contributed by atoms with Crippen LogP contribution in [0, 0.1) is 0 Å². The molecule has 130 valence electrons. The van der Waals surface area contributed by atoms with Crippen LogP contribution in [0.15, 0.2) is 53.5 Å². The summed E-state index contributed by atoms with van der Waals surface area (Å²) in [5, 5.41) is 15.1. The van der Waals surface area contributed by atoms with Crippen molar-refractivity contribution in [3.63, 3.8) is 0 Å². The second kappa shape index (κ2) is 6.75. The van der Waals surface area contributed by atoms with E-state index < -0.39 is 12.3 Å². The highest BCUT2D eigenvalue weighted by molar-refractivity contribution is 5.56. The van der Waals surface area contributed by atoms with Crippen LogP contribution >= 0.6 is 0 Å². The maximum Gasteiger partial charge on any atom is 0.314 e. The normalized spacial score (nSPS) is 11.2. The Labute approximate surface area is 145 Å². The van der Waals surface area contributed by atoms with E-state index in [0.717, 1.165) is 11.3 Å².